The number of para-hydroxylation sites is 1. The lowest BCUT2D eigenvalue weighted by molar-refractivity contribution is -0.142. The van der Waals surface area contributed by atoms with E-state index in [0.29, 0.717) is 50.6 Å². The molecule has 2 saturated heterocycles. The van der Waals surface area contributed by atoms with E-state index in [4.69, 9.17) is 16.3 Å². The van der Waals surface area contributed by atoms with E-state index < -0.39 is 12.2 Å². The Morgan fingerprint density at radius 1 is 1.04 bits per heavy atom. The minimum atomic E-state index is -0.990. The van der Waals surface area contributed by atoms with Crippen LogP contribution in [-0.2, 0) is 22.4 Å². The number of halogens is 1. The predicted octanol–water partition coefficient (Wildman–Crippen LogP) is 3.91. The van der Waals surface area contributed by atoms with Gasteiger partial charge in [0.25, 0.3) is 5.91 Å². The molecule has 13 heteroatoms. The number of aromatic nitrogens is 2. The summed E-state index contributed by atoms with van der Waals surface area (Å²) in [4.78, 5) is 50.6. The second-order valence-corrected chi connectivity index (χ2v) is 13.5. The van der Waals surface area contributed by atoms with Crippen LogP contribution in [0.2, 0.25) is 5.02 Å². The molecule has 3 aliphatic heterocycles. The number of anilines is 1. The third-order valence-electron chi connectivity index (χ3n) is 9.57. The van der Waals surface area contributed by atoms with Gasteiger partial charge in [-0.05, 0) is 82.2 Å². The van der Waals surface area contributed by atoms with Crippen molar-refractivity contribution < 1.29 is 19.1 Å². The minimum absolute atomic E-state index is 0.0173. The van der Waals surface area contributed by atoms with E-state index in [1.165, 1.54) is 0 Å². The van der Waals surface area contributed by atoms with Crippen LogP contribution < -0.4 is 5.32 Å². The maximum Gasteiger partial charge on any atom is 0.410 e. The number of hydrogen-bond donors (Lipinski definition) is 2. The zero-order valence-electron chi connectivity index (χ0n) is 27.3. The summed E-state index contributed by atoms with van der Waals surface area (Å²) in [6.45, 7) is 6.28. The van der Waals surface area contributed by atoms with Gasteiger partial charge >= 0.3 is 12.1 Å². The molecule has 4 heterocycles. The molecule has 0 bridgehead atoms. The molecule has 4 amide bonds. The smallest absolute Gasteiger partial charge is 0.410 e. The molecule has 3 aliphatic rings. The van der Waals surface area contributed by atoms with Crippen molar-refractivity contribution in [3.63, 3.8) is 0 Å². The zero-order chi connectivity index (χ0) is 32.9. The first kappa shape index (κ1) is 33.0. The predicted molar refractivity (Wildman–Crippen MR) is 182 cm³/mol. The van der Waals surface area contributed by atoms with Gasteiger partial charge in [-0.3, -0.25) is 14.8 Å². The Balaban J connectivity index is 1.09. The fraction of sp³-hybridized carbons (Fsp3) is 0.529. The average molecular weight is 665 g/mol. The summed E-state index contributed by atoms with van der Waals surface area (Å²) in [5.41, 5.74) is 3.50. The Kier molecular flexibility index (Phi) is 10.5. The van der Waals surface area contributed by atoms with Crippen LogP contribution in [0.3, 0.4) is 0 Å². The fourth-order valence-electron chi connectivity index (χ4n) is 6.88. The highest BCUT2D eigenvalue weighted by atomic mass is 35.5. The lowest BCUT2D eigenvalue weighted by atomic mass is 10.0. The van der Waals surface area contributed by atoms with E-state index in [-0.39, 0.29) is 24.4 Å². The van der Waals surface area contributed by atoms with Crippen LogP contribution in [0.25, 0.3) is 10.9 Å². The number of hydrogen-bond acceptors (Lipinski definition) is 7. The van der Waals surface area contributed by atoms with Crippen molar-refractivity contribution >= 4 is 46.2 Å². The normalized spacial score (nSPS) is 18.6. The Labute approximate surface area is 280 Å². The third kappa shape index (κ3) is 7.99. The number of benzene rings is 2. The lowest BCUT2D eigenvalue weighted by Crippen LogP contribution is -2.54. The molecule has 47 heavy (non-hydrogen) atoms. The molecule has 6 rings (SSSR count). The molecule has 0 aliphatic carbocycles. The summed E-state index contributed by atoms with van der Waals surface area (Å²) < 4.78 is 6.04. The molecule has 252 valence electrons. The molecule has 0 radical (unpaired) electrons. The molecular formula is C34H45ClN8O4. The van der Waals surface area contributed by atoms with E-state index in [2.05, 4.69) is 39.4 Å². The van der Waals surface area contributed by atoms with Crippen LogP contribution in [0.4, 0.5) is 15.3 Å². The van der Waals surface area contributed by atoms with Gasteiger partial charge in [0.2, 0.25) is 0 Å². The Hall–Kier alpha value is -3.87. The number of fused-ring (bicyclic) bond motifs is 2. The topological polar surface area (TPSA) is 117 Å². The molecule has 3 aromatic rings. The molecule has 12 nitrogen and oxygen atoms in total. The summed E-state index contributed by atoms with van der Waals surface area (Å²) in [6.07, 6.45) is 3.53. The number of aromatic amines is 1. The first-order valence-corrected chi connectivity index (χ1v) is 17.0. The van der Waals surface area contributed by atoms with Gasteiger partial charge in [-0.15, -0.1) is 0 Å². The highest BCUT2D eigenvalue weighted by molar-refractivity contribution is 6.35. The Morgan fingerprint density at radius 2 is 1.81 bits per heavy atom. The van der Waals surface area contributed by atoms with Gasteiger partial charge in [-0.1, -0.05) is 29.8 Å². The number of piperidine rings is 1. The van der Waals surface area contributed by atoms with E-state index in [1.54, 1.807) is 17.2 Å². The lowest BCUT2D eigenvalue weighted by Gasteiger charge is -2.38. The van der Waals surface area contributed by atoms with Crippen molar-refractivity contribution in [3.05, 3.63) is 58.7 Å². The van der Waals surface area contributed by atoms with Crippen LogP contribution in [0, 0.1) is 0 Å². The third-order valence-corrected chi connectivity index (χ3v) is 9.87. The van der Waals surface area contributed by atoms with Gasteiger partial charge in [-0.2, -0.15) is 5.10 Å². The van der Waals surface area contributed by atoms with Crippen molar-refractivity contribution in [1.82, 2.24) is 34.7 Å². The van der Waals surface area contributed by atoms with Crippen LogP contribution >= 0.6 is 11.6 Å². The van der Waals surface area contributed by atoms with Crippen LogP contribution in [-0.4, -0.2) is 138 Å². The number of carbonyl (C=O) groups excluding carboxylic acids is 3. The van der Waals surface area contributed by atoms with Crippen LogP contribution in [0.15, 0.2) is 42.6 Å². The molecule has 0 saturated carbocycles. The number of likely N-dealkylation sites (tertiary alicyclic amines) is 1. The van der Waals surface area contributed by atoms with Crippen LogP contribution in [0.5, 0.6) is 0 Å². The highest BCUT2D eigenvalue weighted by Gasteiger charge is 2.35. The average Bonchev–Trinajstić information content (AvgIpc) is 3.48. The van der Waals surface area contributed by atoms with E-state index in [9.17, 15) is 14.4 Å². The maximum atomic E-state index is 14.0. The number of rotatable bonds is 9. The van der Waals surface area contributed by atoms with E-state index in [0.717, 1.165) is 66.7 Å². The molecule has 2 aromatic carbocycles. The summed E-state index contributed by atoms with van der Waals surface area (Å²) in [5.74, 6) is -0.189. The second-order valence-electron chi connectivity index (χ2n) is 13.1. The monoisotopic (exact) mass is 664 g/mol. The number of ether oxygens (including phenoxy) is 1. The number of nitrogens with one attached hydrogen (secondary N) is 2. The molecule has 0 spiro atoms. The summed E-state index contributed by atoms with van der Waals surface area (Å²) in [6, 6.07) is 11.5. The molecule has 1 aromatic heterocycles. The number of nitrogens with zero attached hydrogens (tertiary/aromatic N) is 6. The quantitative estimate of drug-likeness (QED) is 0.356. The van der Waals surface area contributed by atoms with Gasteiger partial charge in [-0.25, -0.2) is 9.59 Å². The van der Waals surface area contributed by atoms with Crippen molar-refractivity contribution in [3.8, 4) is 0 Å². The van der Waals surface area contributed by atoms with Gasteiger partial charge in [0, 0.05) is 69.3 Å². The SMILES string of the molecule is CN(C)CCCN1CCN(C(=O)[C@@H](Cc2cc(Cl)c3[nH]ncc3c2)OC(=O)N2CCC(N3CCc4ccccc4NC3=O)CC2)CC1. The number of piperazine rings is 1. The number of carbonyl (C=O) groups is 3. The van der Waals surface area contributed by atoms with Gasteiger partial charge in [0.1, 0.15) is 0 Å². The molecular weight excluding hydrogens is 620 g/mol. The molecule has 1 atom stereocenters. The van der Waals surface area contributed by atoms with E-state index >= 15 is 0 Å². The summed E-state index contributed by atoms with van der Waals surface area (Å²) in [5, 5.41) is 11.4. The first-order valence-electron chi connectivity index (χ1n) is 16.6. The van der Waals surface area contributed by atoms with Gasteiger partial charge < -0.3 is 29.7 Å². The minimum Gasteiger partial charge on any atom is -0.436 e. The standard InChI is InChI=1S/C34H45ClN8O4/c1-39(2)11-5-12-40-16-18-41(19-17-40)32(44)30(22-24-20-26-23-36-38-31(26)28(35)21-24)47-34(46)42-13-9-27(10-14-42)43-15-8-25-6-3-4-7-29(25)37-33(43)45/h3-4,6-7,20-21,23,27,30H,5,8-19,22H2,1-2H3,(H,36,38)(H,37,45)/t30-/m1/s1. The fourth-order valence-corrected chi connectivity index (χ4v) is 7.18. The van der Waals surface area contributed by atoms with Crippen molar-refractivity contribution in [2.75, 3.05) is 78.3 Å². The Bertz CT molecular complexity index is 1560. The maximum absolute atomic E-state index is 14.0. The Morgan fingerprint density at radius 3 is 2.57 bits per heavy atom. The van der Waals surface area contributed by atoms with E-state index in [1.807, 2.05) is 40.1 Å². The summed E-state index contributed by atoms with van der Waals surface area (Å²) in [7, 11) is 4.15. The molecule has 0 unspecified atom stereocenters. The number of amides is 4. The van der Waals surface area contributed by atoms with Gasteiger partial charge in [0.05, 0.1) is 16.7 Å². The van der Waals surface area contributed by atoms with Crippen LogP contribution in [0.1, 0.15) is 30.4 Å². The zero-order valence-corrected chi connectivity index (χ0v) is 28.0. The van der Waals surface area contributed by atoms with Crippen molar-refractivity contribution in [2.24, 2.45) is 0 Å². The van der Waals surface area contributed by atoms with Crippen molar-refractivity contribution in [2.45, 2.75) is 44.2 Å². The highest BCUT2D eigenvalue weighted by Crippen LogP contribution is 2.27. The number of urea groups is 1. The number of H-pyrrole nitrogens is 1. The molecule has 2 N–H and O–H groups in total. The molecule has 2 fully saturated rings. The van der Waals surface area contributed by atoms with Gasteiger partial charge in [0.15, 0.2) is 6.10 Å². The van der Waals surface area contributed by atoms with Crippen molar-refractivity contribution in [1.29, 1.82) is 0 Å². The summed E-state index contributed by atoms with van der Waals surface area (Å²) >= 11 is 6.52. The first-order chi connectivity index (χ1) is 22.7. The largest absolute Gasteiger partial charge is 0.436 e. The second kappa shape index (κ2) is 14.9.